The molecule has 0 spiro atoms. The predicted molar refractivity (Wildman–Crippen MR) is 96.7 cm³/mol. The Morgan fingerprint density at radius 1 is 1.12 bits per heavy atom. The van der Waals surface area contributed by atoms with Crippen LogP contribution in [0.1, 0.15) is 18.4 Å². The van der Waals surface area contributed by atoms with Crippen LogP contribution >= 0.6 is 11.6 Å². The molecule has 0 saturated carbocycles. The lowest BCUT2D eigenvalue weighted by Gasteiger charge is -2.17. The average Bonchev–Trinajstić information content (AvgIpc) is 3.13. The summed E-state index contributed by atoms with van der Waals surface area (Å²) in [6.45, 7) is 2.75. The number of amides is 1. The molecule has 0 bridgehead atoms. The molecule has 24 heavy (non-hydrogen) atoms. The second-order valence-electron chi connectivity index (χ2n) is 5.88. The van der Waals surface area contributed by atoms with Gasteiger partial charge in [0.2, 0.25) is 0 Å². The van der Waals surface area contributed by atoms with Crippen molar-refractivity contribution in [3.05, 3.63) is 59.1 Å². The number of hydrogen-bond donors (Lipinski definition) is 1. The molecule has 1 aliphatic heterocycles. The SMILES string of the molecule is O=C(COc1cccc(Cl)c1)NCc1ccc(N2CCCC2)cc1. The highest BCUT2D eigenvalue weighted by atomic mass is 35.5. The largest absolute Gasteiger partial charge is 0.484 e. The van der Waals surface area contributed by atoms with Crippen molar-refractivity contribution in [3.63, 3.8) is 0 Å². The molecular formula is C19H21ClN2O2. The Morgan fingerprint density at radius 2 is 1.88 bits per heavy atom. The fourth-order valence-corrected chi connectivity index (χ4v) is 2.94. The first-order chi connectivity index (χ1) is 11.7. The van der Waals surface area contributed by atoms with Crippen molar-refractivity contribution < 1.29 is 9.53 Å². The number of carbonyl (C=O) groups excluding carboxylic acids is 1. The number of hydrogen-bond acceptors (Lipinski definition) is 3. The van der Waals surface area contributed by atoms with Crippen molar-refractivity contribution in [2.24, 2.45) is 0 Å². The van der Waals surface area contributed by atoms with Crippen molar-refractivity contribution >= 4 is 23.2 Å². The zero-order chi connectivity index (χ0) is 16.8. The highest BCUT2D eigenvalue weighted by Gasteiger charge is 2.11. The van der Waals surface area contributed by atoms with E-state index in [1.165, 1.54) is 18.5 Å². The molecule has 4 nitrogen and oxygen atoms in total. The van der Waals surface area contributed by atoms with Crippen LogP contribution in [0.3, 0.4) is 0 Å². The second-order valence-corrected chi connectivity index (χ2v) is 6.32. The Morgan fingerprint density at radius 3 is 2.58 bits per heavy atom. The van der Waals surface area contributed by atoms with Crippen LogP contribution in [0.2, 0.25) is 5.02 Å². The van der Waals surface area contributed by atoms with Crippen LogP contribution in [0.4, 0.5) is 5.69 Å². The molecule has 0 unspecified atom stereocenters. The minimum absolute atomic E-state index is 0.0216. The minimum Gasteiger partial charge on any atom is -0.484 e. The van der Waals surface area contributed by atoms with E-state index in [4.69, 9.17) is 16.3 Å². The molecule has 2 aromatic rings. The molecule has 126 valence electrons. The van der Waals surface area contributed by atoms with E-state index in [0.29, 0.717) is 17.3 Å². The average molecular weight is 345 g/mol. The normalized spacial score (nSPS) is 13.8. The van der Waals surface area contributed by atoms with Gasteiger partial charge >= 0.3 is 0 Å². The Kier molecular flexibility index (Phi) is 5.59. The van der Waals surface area contributed by atoms with Gasteiger partial charge < -0.3 is 15.0 Å². The Bertz CT molecular complexity index is 682. The maximum atomic E-state index is 11.9. The van der Waals surface area contributed by atoms with Crippen LogP contribution in [0.15, 0.2) is 48.5 Å². The number of benzene rings is 2. The quantitative estimate of drug-likeness (QED) is 0.870. The van der Waals surface area contributed by atoms with E-state index >= 15 is 0 Å². The van der Waals surface area contributed by atoms with Crippen LogP contribution in [-0.2, 0) is 11.3 Å². The van der Waals surface area contributed by atoms with E-state index in [0.717, 1.165) is 18.7 Å². The first kappa shape index (κ1) is 16.7. The molecule has 1 heterocycles. The molecule has 1 saturated heterocycles. The van der Waals surface area contributed by atoms with Gasteiger partial charge in [0, 0.05) is 30.3 Å². The number of rotatable bonds is 6. The van der Waals surface area contributed by atoms with Gasteiger partial charge in [0.05, 0.1) is 0 Å². The summed E-state index contributed by atoms with van der Waals surface area (Å²) in [4.78, 5) is 14.3. The lowest BCUT2D eigenvalue weighted by atomic mass is 10.2. The molecule has 1 fully saturated rings. The molecule has 1 aliphatic rings. The van der Waals surface area contributed by atoms with Gasteiger partial charge in [0.1, 0.15) is 5.75 Å². The second kappa shape index (κ2) is 8.06. The van der Waals surface area contributed by atoms with Crippen molar-refractivity contribution in [2.45, 2.75) is 19.4 Å². The van der Waals surface area contributed by atoms with Gasteiger partial charge in [-0.3, -0.25) is 4.79 Å². The smallest absolute Gasteiger partial charge is 0.258 e. The molecule has 3 rings (SSSR count). The third-order valence-electron chi connectivity index (χ3n) is 4.06. The summed E-state index contributed by atoms with van der Waals surface area (Å²) in [5.74, 6) is 0.436. The molecule has 1 N–H and O–H groups in total. The first-order valence-electron chi connectivity index (χ1n) is 8.20. The lowest BCUT2D eigenvalue weighted by Crippen LogP contribution is -2.28. The maximum absolute atomic E-state index is 11.9. The van der Waals surface area contributed by atoms with Gasteiger partial charge in [0.15, 0.2) is 6.61 Å². The van der Waals surface area contributed by atoms with Crippen molar-refractivity contribution in [1.29, 1.82) is 0 Å². The van der Waals surface area contributed by atoms with Crippen LogP contribution in [0, 0.1) is 0 Å². The van der Waals surface area contributed by atoms with Gasteiger partial charge in [-0.1, -0.05) is 29.8 Å². The van der Waals surface area contributed by atoms with E-state index in [-0.39, 0.29) is 12.5 Å². The predicted octanol–water partition coefficient (Wildman–Crippen LogP) is 3.64. The molecule has 2 aromatic carbocycles. The molecule has 0 aromatic heterocycles. The summed E-state index contributed by atoms with van der Waals surface area (Å²) >= 11 is 5.88. The highest BCUT2D eigenvalue weighted by molar-refractivity contribution is 6.30. The zero-order valence-electron chi connectivity index (χ0n) is 13.5. The standard InChI is InChI=1S/C19H21ClN2O2/c20-16-4-3-5-18(12-16)24-14-19(23)21-13-15-6-8-17(9-7-15)22-10-1-2-11-22/h3-9,12H,1-2,10-11,13-14H2,(H,21,23). The van der Waals surface area contributed by atoms with E-state index in [2.05, 4.69) is 34.5 Å². The van der Waals surface area contributed by atoms with Gasteiger partial charge in [-0.15, -0.1) is 0 Å². The van der Waals surface area contributed by atoms with Crippen LogP contribution in [-0.4, -0.2) is 25.6 Å². The van der Waals surface area contributed by atoms with Crippen molar-refractivity contribution in [3.8, 4) is 5.75 Å². The fourth-order valence-electron chi connectivity index (χ4n) is 2.76. The number of ether oxygens (including phenoxy) is 1. The van der Waals surface area contributed by atoms with E-state index < -0.39 is 0 Å². The van der Waals surface area contributed by atoms with Crippen LogP contribution < -0.4 is 15.0 Å². The minimum atomic E-state index is -0.154. The number of anilines is 1. The monoisotopic (exact) mass is 344 g/mol. The van der Waals surface area contributed by atoms with Gasteiger partial charge in [0.25, 0.3) is 5.91 Å². The summed E-state index contributed by atoms with van der Waals surface area (Å²) in [6.07, 6.45) is 2.54. The van der Waals surface area contributed by atoms with Gasteiger partial charge in [-0.25, -0.2) is 0 Å². The molecule has 1 amide bonds. The summed E-state index contributed by atoms with van der Waals surface area (Å²) < 4.78 is 5.42. The summed E-state index contributed by atoms with van der Waals surface area (Å²) in [5.41, 5.74) is 2.33. The third kappa shape index (κ3) is 4.65. The number of nitrogens with one attached hydrogen (secondary N) is 1. The Labute approximate surface area is 147 Å². The number of halogens is 1. The van der Waals surface area contributed by atoms with Crippen molar-refractivity contribution in [1.82, 2.24) is 5.32 Å². The molecular weight excluding hydrogens is 324 g/mol. The Balaban J connectivity index is 1.44. The molecule has 0 atom stereocenters. The van der Waals surface area contributed by atoms with E-state index in [9.17, 15) is 4.79 Å². The molecule has 0 radical (unpaired) electrons. The van der Waals surface area contributed by atoms with E-state index in [1.54, 1.807) is 24.3 Å². The van der Waals surface area contributed by atoms with Gasteiger partial charge in [-0.2, -0.15) is 0 Å². The maximum Gasteiger partial charge on any atom is 0.258 e. The summed E-state index contributed by atoms with van der Waals surface area (Å²) in [7, 11) is 0. The fraction of sp³-hybridized carbons (Fsp3) is 0.316. The van der Waals surface area contributed by atoms with Gasteiger partial charge in [-0.05, 0) is 48.7 Å². The molecule has 5 heteroatoms. The third-order valence-corrected chi connectivity index (χ3v) is 4.30. The lowest BCUT2D eigenvalue weighted by molar-refractivity contribution is -0.123. The topological polar surface area (TPSA) is 41.6 Å². The Hall–Kier alpha value is -2.20. The molecule has 0 aliphatic carbocycles. The van der Waals surface area contributed by atoms with Crippen molar-refractivity contribution in [2.75, 3.05) is 24.6 Å². The highest BCUT2D eigenvalue weighted by Crippen LogP contribution is 2.20. The van der Waals surface area contributed by atoms with Crippen LogP contribution in [0.25, 0.3) is 0 Å². The van der Waals surface area contributed by atoms with Crippen LogP contribution in [0.5, 0.6) is 5.75 Å². The number of nitrogens with zero attached hydrogens (tertiary/aromatic N) is 1. The zero-order valence-corrected chi connectivity index (χ0v) is 14.3. The summed E-state index contributed by atoms with van der Waals surface area (Å²) in [5, 5.41) is 3.45. The van der Waals surface area contributed by atoms with E-state index in [1.807, 2.05) is 0 Å². The number of carbonyl (C=O) groups is 1. The summed E-state index contributed by atoms with van der Waals surface area (Å²) in [6, 6.07) is 15.4. The first-order valence-corrected chi connectivity index (χ1v) is 8.57.